The van der Waals surface area contributed by atoms with Gasteiger partial charge in [-0.2, -0.15) is 0 Å². The van der Waals surface area contributed by atoms with Crippen molar-refractivity contribution in [3.63, 3.8) is 0 Å². The highest BCUT2D eigenvalue weighted by atomic mass is 16.5. The van der Waals surface area contributed by atoms with Crippen LogP contribution in [0.1, 0.15) is 36.0 Å². The Morgan fingerprint density at radius 1 is 1.03 bits per heavy atom. The summed E-state index contributed by atoms with van der Waals surface area (Å²) in [5, 5.41) is 6.44. The summed E-state index contributed by atoms with van der Waals surface area (Å²) in [5.74, 6) is 0.323. The van der Waals surface area contributed by atoms with E-state index in [0.29, 0.717) is 29.0 Å². The number of anilines is 1. The third kappa shape index (κ3) is 4.56. The SMILES string of the molecule is C1CCOC1.CNc1ccc2c(=O)c(C(=O)NCCN3CCCC3)c3n(C)c4ccccc4n3c2n1. The van der Waals surface area contributed by atoms with Crippen molar-refractivity contribution in [2.45, 2.75) is 25.7 Å². The van der Waals surface area contributed by atoms with Gasteiger partial charge in [-0.05, 0) is 63.0 Å². The van der Waals surface area contributed by atoms with Gasteiger partial charge in [-0.3, -0.25) is 14.0 Å². The van der Waals surface area contributed by atoms with Crippen LogP contribution in [0.2, 0.25) is 0 Å². The molecule has 0 atom stereocenters. The molecule has 9 nitrogen and oxygen atoms in total. The number of carbonyl (C=O) groups excluding carboxylic acids is 1. The number of carbonyl (C=O) groups is 1. The van der Waals surface area contributed by atoms with Crippen LogP contribution in [0.3, 0.4) is 0 Å². The highest BCUT2D eigenvalue weighted by Gasteiger charge is 2.24. The van der Waals surface area contributed by atoms with E-state index in [1.54, 1.807) is 19.2 Å². The van der Waals surface area contributed by atoms with Crippen LogP contribution in [0, 0.1) is 0 Å². The zero-order valence-electron chi connectivity index (χ0n) is 21.0. The zero-order valence-corrected chi connectivity index (χ0v) is 21.0. The largest absolute Gasteiger partial charge is 0.381 e. The van der Waals surface area contributed by atoms with Crippen LogP contribution in [0.25, 0.3) is 27.7 Å². The second-order valence-corrected chi connectivity index (χ2v) is 9.35. The monoisotopic (exact) mass is 490 g/mol. The van der Waals surface area contributed by atoms with E-state index in [4.69, 9.17) is 4.74 Å². The molecule has 0 unspecified atom stereocenters. The van der Waals surface area contributed by atoms with Crippen LogP contribution in [-0.4, -0.2) is 71.2 Å². The molecule has 0 radical (unpaired) electrons. The van der Waals surface area contributed by atoms with Gasteiger partial charge in [-0.1, -0.05) is 12.1 Å². The summed E-state index contributed by atoms with van der Waals surface area (Å²) >= 11 is 0. The highest BCUT2D eigenvalue weighted by molar-refractivity contribution is 6.05. The van der Waals surface area contributed by atoms with Crippen molar-refractivity contribution in [3.05, 3.63) is 52.2 Å². The molecule has 0 saturated carbocycles. The molecule has 190 valence electrons. The topological polar surface area (TPSA) is 92.9 Å². The van der Waals surface area contributed by atoms with E-state index >= 15 is 0 Å². The quantitative estimate of drug-likeness (QED) is 0.447. The number of hydrogen-bond acceptors (Lipinski definition) is 6. The lowest BCUT2D eigenvalue weighted by Crippen LogP contribution is -2.36. The molecule has 3 aromatic heterocycles. The average Bonchev–Trinajstić information content (AvgIpc) is 3.69. The Morgan fingerprint density at radius 2 is 1.75 bits per heavy atom. The number of likely N-dealkylation sites (tertiary alicyclic amines) is 1. The van der Waals surface area contributed by atoms with Crippen LogP contribution < -0.4 is 16.1 Å². The van der Waals surface area contributed by atoms with Crippen LogP contribution in [0.5, 0.6) is 0 Å². The number of para-hydroxylation sites is 2. The van der Waals surface area contributed by atoms with Crippen molar-refractivity contribution in [2.75, 3.05) is 51.8 Å². The van der Waals surface area contributed by atoms with Crippen LogP contribution in [0.15, 0.2) is 41.2 Å². The average molecular weight is 491 g/mol. The number of hydrogen-bond donors (Lipinski definition) is 2. The van der Waals surface area contributed by atoms with E-state index in [9.17, 15) is 9.59 Å². The Morgan fingerprint density at radius 3 is 2.42 bits per heavy atom. The molecular formula is C27H34N6O3. The lowest BCUT2D eigenvalue weighted by molar-refractivity contribution is 0.0950. The second-order valence-electron chi connectivity index (χ2n) is 9.35. The Hall–Kier alpha value is -3.43. The molecule has 5 heterocycles. The third-order valence-corrected chi connectivity index (χ3v) is 7.02. The highest BCUT2D eigenvalue weighted by Crippen LogP contribution is 2.26. The molecule has 36 heavy (non-hydrogen) atoms. The lowest BCUT2D eigenvalue weighted by Gasteiger charge is -2.15. The van der Waals surface area contributed by atoms with Crippen LogP contribution >= 0.6 is 0 Å². The standard InChI is InChI=1S/C23H26N6O2.C4H8O/c1-24-18-10-9-15-20(30)19(22(31)25-11-14-28-12-5-6-13-28)23-27(2)16-7-3-4-8-17(16)29(23)21(15)26-18;1-2-4-5-3-1/h3-4,7-10H,5-6,11-14H2,1-2H3,(H,24,26)(H,25,31);1-4H2. The molecule has 2 saturated heterocycles. The molecule has 9 heteroatoms. The first-order valence-electron chi connectivity index (χ1n) is 12.8. The molecule has 0 spiro atoms. The second kappa shape index (κ2) is 10.7. The number of nitrogens with zero attached hydrogens (tertiary/aromatic N) is 4. The number of benzene rings is 1. The molecular weight excluding hydrogens is 456 g/mol. The predicted molar refractivity (Wildman–Crippen MR) is 143 cm³/mol. The minimum Gasteiger partial charge on any atom is -0.381 e. The van der Waals surface area contributed by atoms with Crippen LogP contribution in [-0.2, 0) is 11.8 Å². The number of imidazole rings is 1. The third-order valence-electron chi connectivity index (χ3n) is 7.02. The Bertz CT molecular complexity index is 1440. The maximum absolute atomic E-state index is 13.5. The van der Waals surface area contributed by atoms with Gasteiger partial charge in [0.2, 0.25) is 5.43 Å². The summed E-state index contributed by atoms with van der Waals surface area (Å²) < 4.78 is 8.77. The van der Waals surface area contributed by atoms with Crippen LogP contribution in [0.4, 0.5) is 5.82 Å². The first-order chi connectivity index (χ1) is 17.6. The number of aryl methyl sites for hydroxylation is 1. The van der Waals surface area contributed by atoms with Gasteiger partial charge in [0.15, 0.2) is 5.65 Å². The van der Waals surface area contributed by atoms with E-state index in [2.05, 4.69) is 20.5 Å². The molecule has 2 aliphatic heterocycles. The molecule has 2 N–H and O–H groups in total. The van der Waals surface area contributed by atoms with Gasteiger partial charge in [0.1, 0.15) is 17.0 Å². The van der Waals surface area contributed by atoms with Gasteiger partial charge in [0.25, 0.3) is 5.91 Å². The molecule has 0 aliphatic carbocycles. The molecule has 4 aromatic rings. The van der Waals surface area contributed by atoms with Gasteiger partial charge < -0.3 is 24.8 Å². The molecule has 2 aliphatic rings. The first kappa shape index (κ1) is 24.3. The van der Waals surface area contributed by atoms with Gasteiger partial charge in [0.05, 0.1) is 16.4 Å². The summed E-state index contributed by atoms with van der Waals surface area (Å²) in [6.07, 6.45) is 4.97. The van der Waals surface area contributed by atoms with Crippen molar-refractivity contribution in [1.82, 2.24) is 24.2 Å². The van der Waals surface area contributed by atoms with Crippen molar-refractivity contribution < 1.29 is 9.53 Å². The maximum Gasteiger partial charge on any atom is 0.259 e. The molecule has 0 bridgehead atoms. The molecule has 6 rings (SSSR count). The van der Waals surface area contributed by atoms with Gasteiger partial charge in [0, 0.05) is 40.4 Å². The summed E-state index contributed by atoms with van der Waals surface area (Å²) in [5.41, 5.74) is 2.78. The van der Waals surface area contributed by atoms with Crippen molar-refractivity contribution in [3.8, 4) is 0 Å². The van der Waals surface area contributed by atoms with Gasteiger partial charge >= 0.3 is 0 Å². The number of fused-ring (bicyclic) bond motifs is 5. The fourth-order valence-corrected chi connectivity index (χ4v) is 5.12. The number of amides is 1. The van der Waals surface area contributed by atoms with E-state index in [0.717, 1.165) is 43.9 Å². The normalized spacial score (nSPS) is 15.9. The molecule has 1 aromatic carbocycles. The molecule has 2 fully saturated rings. The van der Waals surface area contributed by atoms with E-state index < -0.39 is 0 Å². The number of pyridine rings is 2. The number of nitrogens with one attached hydrogen (secondary N) is 2. The number of aromatic nitrogens is 3. The Labute approximate surface area is 210 Å². The van der Waals surface area contributed by atoms with Crippen molar-refractivity contribution in [1.29, 1.82) is 0 Å². The van der Waals surface area contributed by atoms with E-state index in [1.807, 2.05) is 40.3 Å². The van der Waals surface area contributed by atoms with E-state index in [-0.39, 0.29) is 16.9 Å². The van der Waals surface area contributed by atoms with E-state index in [1.165, 1.54) is 25.7 Å². The maximum atomic E-state index is 13.5. The lowest BCUT2D eigenvalue weighted by atomic mass is 10.1. The summed E-state index contributed by atoms with van der Waals surface area (Å²) in [4.78, 5) is 33.7. The Kier molecular flexibility index (Phi) is 7.20. The van der Waals surface area contributed by atoms with Gasteiger partial charge in [-0.25, -0.2) is 4.98 Å². The predicted octanol–water partition coefficient (Wildman–Crippen LogP) is 3.00. The summed E-state index contributed by atoms with van der Waals surface area (Å²) in [6.45, 7) is 5.46. The smallest absolute Gasteiger partial charge is 0.259 e. The number of rotatable bonds is 5. The number of ether oxygens (including phenoxy) is 1. The fourth-order valence-electron chi connectivity index (χ4n) is 5.12. The summed E-state index contributed by atoms with van der Waals surface area (Å²) in [6, 6.07) is 11.4. The molecule has 1 amide bonds. The van der Waals surface area contributed by atoms with Gasteiger partial charge in [-0.15, -0.1) is 0 Å². The minimum absolute atomic E-state index is 0.159. The van der Waals surface area contributed by atoms with Crippen molar-refractivity contribution in [2.24, 2.45) is 7.05 Å². The van der Waals surface area contributed by atoms with Crippen molar-refractivity contribution >= 4 is 39.4 Å². The fraction of sp³-hybridized carbons (Fsp3) is 0.444. The first-order valence-corrected chi connectivity index (χ1v) is 12.8. The minimum atomic E-state index is -0.341. The zero-order chi connectivity index (χ0) is 25.1. The summed E-state index contributed by atoms with van der Waals surface area (Å²) in [7, 11) is 3.67. The Balaban J connectivity index is 0.000000477.